The second kappa shape index (κ2) is 11.5. The van der Waals surface area contributed by atoms with Gasteiger partial charge in [0.1, 0.15) is 0 Å². The van der Waals surface area contributed by atoms with Crippen LogP contribution in [-0.4, -0.2) is 48.2 Å². The lowest BCUT2D eigenvalue weighted by molar-refractivity contribution is -0.137. The van der Waals surface area contributed by atoms with E-state index in [4.69, 9.17) is 9.47 Å². The molecule has 0 aliphatic heterocycles. The predicted octanol–water partition coefficient (Wildman–Crippen LogP) is 3.17. The molecule has 0 spiro atoms. The molecule has 0 saturated heterocycles. The molecule has 1 heterocycles. The number of thioether (sulfide) groups is 1. The van der Waals surface area contributed by atoms with Crippen molar-refractivity contribution < 1.29 is 23.8 Å². The number of carbonyl (C=O) groups is 2. The minimum atomic E-state index is -0.340. The van der Waals surface area contributed by atoms with Gasteiger partial charge in [0.15, 0.2) is 15.8 Å². The number of esters is 1. The lowest BCUT2D eigenvalue weighted by Crippen LogP contribution is -2.12. The standard InChI is InChI=1S/C18H23N3O5S2/c1-4-25-13-8-6-12(10-14(13)26-5-2)7-9-15(22)19-17-20-21-18(28-17)27-11-16(23)24-3/h6,8,10H,4-5,7,9,11H2,1-3H3,(H,19,20,22). The van der Waals surface area contributed by atoms with Gasteiger partial charge in [-0.2, -0.15) is 0 Å². The van der Waals surface area contributed by atoms with Gasteiger partial charge >= 0.3 is 5.97 Å². The molecule has 1 N–H and O–H groups in total. The van der Waals surface area contributed by atoms with Gasteiger partial charge < -0.3 is 19.5 Å². The topological polar surface area (TPSA) is 99.6 Å². The summed E-state index contributed by atoms with van der Waals surface area (Å²) in [6.45, 7) is 4.93. The second-order valence-electron chi connectivity index (χ2n) is 5.43. The number of hydrogen-bond acceptors (Lipinski definition) is 9. The molecule has 0 saturated carbocycles. The van der Waals surface area contributed by atoms with E-state index in [0.29, 0.717) is 47.0 Å². The SMILES string of the molecule is CCOc1ccc(CCC(=O)Nc2nnc(SCC(=O)OC)s2)cc1OCC. The number of methoxy groups -OCH3 is 1. The zero-order chi connectivity index (χ0) is 20.4. The van der Waals surface area contributed by atoms with Crippen molar-refractivity contribution >= 4 is 40.1 Å². The summed E-state index contributed by atoms with van der Waals surface area (Å²) in [5, 5.41) is 11.0. The van der Waals surface area contributed by atoms with Crippen LogP contribution in [0.25, 0.3) is 0 Å². The first kappa shape index (κ1) is 22.0. The quantitative estimate of drug-likeness (QED) is 0.333. The normalized spacial score (nSPS) is 10.4. The molecule has 28 heavy (non-hydrogen) atoms. The van der Waals surface area contributed by atoms with Crippen molar-refractivity contribution in [1.82, 2.24) is 10.2 Å². The van der Waals surface area contributed by atoms with Crippen LogP contribution in [0.4, 0.5) is 5.13 Å². The van der Waals surface area contributed by atoms with E-state index in [1.54, 1.807) is 0 Å². The second-order valence-corrected chi connectivity index (χ2v) is 7.63. The van der Waals surface area contributed by atoms with Crippen molar-refractivity contribution in [2.45, 2.75) is 31.0 Å². The van der Waals surface area contributed by atoms with E-state index in [2.05, 4.69) is 20.3 Å². The van der Waals surface area contributed by atoms with E-state index in [1.165, 1.54) is 30.2 Å². The van der Waals surface area contributed by atoms with Crippen LogP contribution >= 0.6 is 23.1 Å². The number of ether oxygens (including phenoxy) is 3. The number of nitrogens with zero attached hydrogens (tertiary/aromatic N) is 2. The molecule has 1 aromatic heterocycles. The molecule has 1 amide bonds. The number of aromatic nitrogens is 2. The highest BCUT2D eigenvalue weighted by Crippen LogP contribution is 2.29. The number of benzene rings is 1. The first-order valence-corrected chi connectivity index (χ1v) is 10.6. The molecule has 152 valence electrons. The zero-order valence-electron chi connectivity index (χ0n) is 16.0. The molecule has 0 unspecified atom stereocenters. The van der Waals surface area contributed by atoms with Crippen LogP contribution in [0, 0.1) is 0 Å². The highest BCUT2D eigenvalue weighted by Gasteiger charge is 2.12. The lowest BCUT2D eigenvalue weighted by atomic mass is 10.1. The summed E-state index contributed by atoms with van der Waals surface area (Å²) in [5.41, 5.74) is 0.980. The molecular weight excluding hydrogens is 402 g/mol. The van der Waals surface area contributed by atoms with E-state index >= 15 is 0 Å². The molecule has 0 aliphatic rings. The third-order valence-electron chi connectivity index (χ3n) is 3.44. The Morgan fingerprint density at radius 3 is 2.61 bits per heavy atom. The van der Waals surface area contributed by atoms with E-state index in [-0.39, 0.29) is 17.6 Å². The van der Waals surface area contributed by atoms with Crippen LogP contribution in [0.15, 0.2) is 22.5 Å². The minimum Gasteiger partial charge on any atom is -0.490 e. The molecule has 0 bridgehead atoms. The van der Waals surface area contributed by atoms with Crippen LogP contribution in [-0.2, 0) is 20.7 Å². The van der Waals surface area contributed by atoms with Gasteiger partial charge in [0, 0.05) is 6.42 Å². The highest BCUT2D eigenvalue weighted by molar-refractivity contribution is 8.01. The molecule has 0 fully saturated rings. The fourth-order valence-corrected chi connectivity index (χ4v) is 3.79. The molecular formula is C18H23N3O5S2. The number of nitrogens with one attached hydrogen (secondary N) is 1. The van der Waals surface area contributed by atoms with Gasteiger partial charge in [-0.15, -0.1) is 10.2 Å². The van der Waals surface area contributed by atoms with Crippen molar-refractivity contribution in [2.75, 3.05) is 31.4 Å². The molecule has 2 aromatic rings. The summed E-state index contributed by atoms with van der Waals surface area (Å²) in [6.07, 6.45) is 0.852. The zero-order valence-corrected chi connectivity index (χ0v) is 17.7. The lowest BCUT2D eigenvalue weighted by Gasteiger charge is -2.12. The molecule has 8 nitrogen and oxygen atoms in total. The smallest absolute Gasteiger partial charge is 0.316 e. The Morgan fingerprint density at radius 2 is 1.89 bits per heavy atom. The van der Waals surface area contributed by atoms with Crippen molar-refractivity contribution in [3.8, 4) is 11.5 Å². The van der Waals surface area contributed by atoms with Gasteiger partial charge in [-0.05, 0) is 38.0 Å². The molecule has 10 heteroatoms. The van der Waals surface area contributed by atoms with Crippen LogP contribution in [0.5, 0.6) is 11.5 Å². The van der Waals surface area contributed by atoms with Gasteiger partial charge in [-0.3, -0.25) is 9.59 Å². The summed E-state index contributed by atoms with van der Waals surface area (Å²) in [4.78, 5) is 23.3. The van der Waals surface area contributed by atoms with Crippen LogP contribution in [0.2, 0.25) is 0 Å². The third kappa shape index (κ3) is 7.01. The number of anilines is 1. The summed E-state index contributed by atoms with van der Waals surface area (Å²) >= 11 is 2.43. The molecule has 2 rings (SSSR count). The van der Waals surface area contributed by atoms with E-state index in [9.17, 15) is 9.59 Å². The molecule has 0 radical (unpaired) electrons. The van der Waals surface area contributed by atoms with Crippen LogP contribution in [0.1, 0.15) is 25.8 Å². The Morgan fingerprint density at radius 1 is 1.14 bits per heavy atom. The maximum absolute atomic E-state index is 12.2. The van der Waals surface area contributed by atoms with Gasteiger partial charge in [-0.1, -0.05) is 29.2 Å². The Balaban J connectivity index is 1.86. The first-order valence-electron chi connectivity index (χ1n) is 8.77. The maximum atomic E-state index is 12.2. The monoisotopic (exact) mass is 425 g/mol. The Labute approximate surface area is 172 Å². The van der Waals surface area contributed by atoms with Crippen LogP contribution in [0.3, 0.4) is 0 Å². The number of carbonyl (C=O) groups excluding carboxylic acids is 2. The van der Waals surface area contributed by atoms with Gasteiger partial charge in [0.05, 0.1) is 26.1 Å². The van der Waals surface area contributed by atoms with E-state index in [0.717, 1.165) is 5.56 Å². The van der Waals surface area contributed by atoms with Gasteiger partial charge in [-0.25, -0.2) is 0 Å². The highest BCUT2D eigenvalue weighted by atomic mass is 32.2. The maximum Gasteiger partial charge on any atom is 0.316 e. The fourth-order valence-electron chi connectivity index (χ4n) is 2.19. The summed E-state index contributed by atoms with van der Waals surface area (Å²) in [7, 11) is 1.33. The van der Waals surface area contributed by atoms with Gasteiger partial charge in [0.2, 0.25) is 11.0 Å². The first-order chi connectivity index (χ1) is 13.5. The number of amides is 1. The number of rotatable bonds is 11. The summed E-state index contributed by atoms with van der Waals surface area (Å²) < 4.78 is 16.3. The van der Waals surface area contributed by atoms with Crippen molar-refractivity contribution in [2.24, 2.45) is 0 Å². The fraction of sp³-hybridized carbons (Fsp3) is 0.444. The van der Waals surface area contributed by atoms with Crippen LogP contribution < -0.4 is 14.8 Å². The third-order valence-corrected chi connectivity index (χ3v) is 5.39. The average Bonchev–Trinajstić information content (AvgIpc) is 3.13. The molecule has 0 atom stereocenters. The number of hydrogen-bond donors (Lipinski definition) is 1. The van der Waals surface area contributed by atoms with Crippen molar-refractivity contribution in [3.63, 3.8) is 0 Å². The molecule has 0 aliphatic carbocycles. The van der Waals surface area contributed by atoms with Crippen molar-refractivity contribution in [1.29, 1.82) is 0 Å². The van der Waals surface area contributed by atoms with E-state index in [1.807, 2.05) is 32.0 Å². The number of aryl methyl sites for hydroxylation is 1. The average molecular weight is 426 g/mol. The Bertz CT molecular complexity index is 797. The predicted molar refractivity (Wildman–Crippen MR) is 108 cm³/mol. The molecule has 1 aromatic carbocycles. The summed E-state index contributed by atoms with van der Waals surface area (Å²) in [6, 6.07) is 5.68. The minimum absolute atomic E-state index is 0.152. The Hall–Kier alpha value is -2.33. The summed E-state index contributed by atoms with van der Waals surface area (Å²) in [5.74, 6) is 1.03. The Kier molecular flexibility index (Phi) is 9.02. The van der Waals surface area contributed by atoms with Crippen molar-refractivity contribution in [3.05, 3.63) is 23.8 Å². The largest absolute Gasteiger partial charge is 0.490 e. The van der Waals surface area contributed by atoms with E-state index < -0.39 is 0 Å². The van der Waals surface area contributed by atoms with Gasteiger partial charge in [0.25, 0.3) is 0 Å².